The average molecular weight is 344 g/mol. The van der Waals surface area contributed by atoms with Gasteiger partial charge in [-0.2, -0.15) is 9.36 Å². The summed E-state index contributed by atoms with van der Waals surface area (Å²) in [4.78, 5) is 20.6. The Morgan fingerprint density at radius 2 is 2.08 bits per heavy atom. The van der Waals surface area contributed by atoms with E-state index in [4.69, 9.17) is 4.42 Å². The molecule has 122 valence electrons. The van der Waals surface area contributed by atoms with Gasteiger partial charge >= 0.3 is 0 Å². The fourth-order valence-electron chi connectivity index (χ4n) is 2.23. The van der Waals surface area contributed by atoms with E-state index in [1.165, 1.54) is 31.2 Å². The molecule has 6 nitrogen and oxygen atoms in total. The standard InChI is InChI=1S/C16H13FN4O2S/c17-11-5-3-10(4-6-11)14-19-16(24-21-14)20-15(22)12-8-23-13(18-12)7-9-1-2-9/h3-6,8-9H,1-2,7H2,(H,19,20,21,22). The zero-order valence-electron chi connectivity index (χ0n) is 12.5. The first-order valence-corrected chi connectivity index (χ1v) is 8.30. The molecule has 0 radical (unpaired) electrons. The van der Waals surface area contributed by atoms with Gasteiger partial charge in [-0.25, -0.2) is 9.37 Å². The van der Waals surface area contributed by atoms with Crippen molar-refractivity contribution in [3.05, 3.63) is 47.9 Å². The summed E-state index contributed by atoms with van der Waals surface area (Å²) in [7, 11) is 0. The van der Waals surface area contributed by atoms with E-state index in [9.17, 15) is 9.18 Å². The molecule has 1 saturated carbocycles. The van der Waals surface area contributed by atoms with Crippen molar-refractivity contribution >= 4 is 22.6 Å². The van der Waals surface area contributed by atoms with Gasteiger partial charge in [0, 0.05) is 23.5 Å². The van der Waals surface area contributed by atoms with Crippen LogP contribution in [0.2, 0.25) is 0 Å². The Kier molecular flexibility index (Phi) is 3.81. The molecule has 3 aromatic rings. The minimum Gasteiger partial charge on any atom is -0.448 e. The normalized spacial score (nSPS) is 13.9. The number of oxazole rings is 1. The number of carbonyl (C=O) groups is 1. The van der Waals surface area contributed by atoms with Crippen molar-refractivity contribution in [3.8, 4) is 11.4 Å². The lowest BCUT2D eigenvalue weighted by atomic mass is 10.2. The van der Waals surface area contributed by atoms with Crippen LogP contribution in [-0.4, -0.2) is 20.2 Å². The zero-order valence-corrected chi connectivity index (χ0v) is 13.3. The summed E-state index contributed by atoms with van der Waals surface area (Å²) < 4.78 is 22.4. The number of hydrogen-bond donors (Lipinski definition) is 1. The minimum absolute atomic E-state index is 0.226. The maximum atomic E-state index is 12.9. The highest BCUT2D eigenvalue weighted by Crippen LogP contribution is 2.32. The predicted molar refractivity (Wildman–Crippen MR) is 86.2 cm³/mol. The number of benzene rings is 1. The van der Waals surface area contributed by atoms with E-state index >= 15 is 0 Å². The lowest BCUT2D eigenvalue weighted by Crippen LogP contribution is -2.12. The van der Waals surface area contributed by atoms with Crippen LogP contribution >= 0.6 is 11.5 Å². The third-order valence-electron chi connectivity index (χ3n) is 3.69. The lowest BCUT2D eigenvalue weighted by molar-refractivity contribution is 0.102. The second kappa shape index (κ2) is 6.12. The number of halogens is 1. The van der Waals surface area contributed by atoms with Gasteiger partial charge in [-0.3, -0.25) is 10.1 Å². The Bertz CT molecular complexity index is 870. The summed E-state index contributed by atoms with van der Waals surface area (Å²) in [6.07, 6.45) is 4.53. The molecule has 24 heavy (non-hydrogen) atoms. The van der Waals surface area contributed by atoms with Crippen molar-refractivity contribution in [3.63, 3.8) is 0 Å². The minimum atomic E-state index is -0.386. The van der Waals surface area contributed by atoms with E-state index in [0.29, 0.717) is 28.3 Å². The highest BCUT2D eigenvalue weighted by Gasteiger charge is 2.24. The molecule has 0 spiro atoms. The Hall–Kier alpha value is -2.61. The summed E-state index contributed by atoms with van der Waals surface area (Å²) in [6.45, 7) is 0. The molecule has 0 unspecified atom stereocenters. The third kappa shape index (κ3) is 3.33. The molecular formula is C16H13FN4O2S. The van der Waals surface area contributed by atoms with Crippen LogP contribution in [-0.2, 0) is 6.42 Å². The van der Waals surface area contributed by atoms with Crippen molar-refractivity contribution in [2.75, 3.05) is 5.32 Å². The number of nitrogens with zero attached hydrogens (tertiary/aromatic N) is 3. The van der Waals surface area contributed by atoms with Crippen molar-refractivity contribution in [1.82, 2.24) is 14.3 Å². The molecule has 1 aromatic carbocycles. The number of anilines is 1. The molecule has 2 heterocycles. The summed E-state index contributed by atoms with van der Waals surface area (Å²) in [5, 5.41) is 3.00. The van der Waals surface area contributed by atoms with Gasteiger partial charge in [0.25, 0.3) is 5.91 Å². The van der Waals surface area contributed by atoms with E-state index < -0.39 is 0 Å². The summed E-state index contributed by atoms with van der Waals surface area (Å²) >= 11 is 1.05. The molecule has 1 N–H and O–H groups in total. The van der Waals surface area contributed by atoms with Gasteiger partial charge in [-0.15, -0.1) is 0 Å². The van der Waals surface area contributed by atoms with Crippen LogP contribution in [0.1, 0.15) is 29.2 Å². The fraction of sp³-hybridized carbons (Fsp3) is 0.250. The highest BCUT2D eigenvalue weighted by atomic mass is 32.1. The molecule has 4 rings (SSSR count). The molecule has 8 heteroatoms. The molecule has 1 aliphatic rings. The lowest BCUT2D eigenvalue weighted by Gasteiger charge is -1.96. The molecule has 1 fully saturated rings. The molecule has 0 aliphatic heterocycles. The third-order valence-corrected chi connectivity index (χ3v) is 4.32. The van der Waals surface area contributed by atoms with Gasteiger partial charge in [-0.05, 0) is 43.0 Å². The quantitative estimate of drug-likeness (QED) is 0.766. The summed E-state index contributed by atoms with van der Waals surface area (Å²) in [6, 6.07) is 5.85. The SMILES string of the molecule is O=C(Nc1nc(-c2ccc(F)cc2)ns1)c1coc(CC2CC2)n1. The van der Waals surface area contributed by atoms with E-state index in [1.54, 1.807) is 12.1 Å². The smallest absolute Gasteiger partial charge is 0.279 e. The summed E-state index contributed by atoms with van der Waals surface area (Å²) in [5.74, 6) is 0.955. The fourth-order valence-corrected chi connectivity index (χ4v) is 2.81. The van der Waals surface area contributed by atoms with E-state index in [-0.39, 0.29) is 17.4 Å². The van der Waals surface area contributed by atoms with Gasteiger partial charge in [0.2, 0.25) is 5.13 Å². The first-order chi connectivity index (χ1) is 11.7. The van der Waals surface area contributed by atoms with E-state index in [2.05, 4.69) is 19.7 Å². The number of amides is 1. The van der Waals surface area contributed by atoms with Crippen LogP contribution in [0.4, 0.5) is 9.52 Å². The topological polar surface area (TPSA) is 80.9 Å². The van der Waals surface area contributed by atoms with Crippen LogP contribution in [0.15, 0.2) is 34.9 Å². The largest absolute Gasteiger partial charge is 0.448 e. The zero-order chi connectivity index (χ0) is 16.5. The van der Waals surface area contributed by atoms with Gasteiger partial charge in [-0.1, -0.05) is 0 Å². The van der Waals surface area contributed by atoms with Crippen molar-refractivity contribution < 1.29 is 13.6 Å². The van der Waals surface area contributed by atoms with Crippen molar-refractivity contribution in [2.24, 2.45) is 5.92 Å². The molecule has 1 aliphatic carbocycles. The van der Waals surface area contributed by atoms with Crippen LogP contribution in [0.5, 0.6) is 0 Å². The van der Waals surface area contributed by atoms with Gasteiger partial charge in [0.05, 0.1) is 0 Å². The number of aromatic nitrogens is 3. The predicted octanol–water partition coefficient (Wildman–Crippen LogP) is 3.54. The Labute approximate surface area is 140 Å². The maximum Gasteiger partial charge on any atom is 0.279 e. The number of rotatable bonds is 5. The molecule has 1 amide bonds. The Morgan fingerprint density at radius 1 is 1.29 bits per heavy atom. The number of nitrogens with one attached hydrogen (secondary N) is 1. The summed E-state index contributed by atoms with van der Waals surface area (Å²) in [5.41, 5.74) is 0.908. The Balaban J connectivity index is 1.44. The maximum absolute atomic E-state index is 12.9. The molecule has 2 aromatic heterocycles. The van der Waals surface area contributed by atoms with Crippen LogP contribution in [0, 0.1) is 11.7 Å². The number of carbonyl (C=O) groups excluding carboxylic acids is 1. The van der Waals surface area contributed by atoms with Gasteiger partial charge < -0.3 is 4.42 Å². The van der Waals surface area contributed by atoms with Crippen LogP contribution in [0.25, 0.3) is 11.4 Å². The monoisotopic (exact) mass is 344 g/mol. The second-order valence-electron chi connectivity index (χ2n) is 5.66. The molecule has 0 atom stereocenters. The molecular weight excluding hydrogens is 331 g/mol. The number of hydrogen-bond acceptors (Lipinski definition) is 6. The van der Waals surface area contributed by atoms with Gasteiger partial charge in [0.15, 0.2) is 17.4 Å². The first kappa shape index (κ1) is 14.9. The van der Waals surface area contributed by atoms with Crippen LogP contribution < -0.4 is 5.32 Å². The first-order valence-electron chi connectivity index (χ1n) is 7.53. The van der Waals surface area contributed by atoms with Crippen molar-refractivity contribution in [2.45, 2.75) is 19.3 Å². The molecule has 0 saturated heterocycles. The van der Waals surface area contributed by atoms with Gasteiger partial charge in [0.1, 0.15) is 12.1 Å². The molecule has 0 bridgehead atoms. The average Bonchev–Trinajstić information content (AvgIpc) is 3.07. The van der Waals surface area contributed by atoms with Crippen molar-refractivity contribution in [1.29, 1.82) is 0 Å². The Morgan fingerprint density at radius 3 is 2.83 bits per heavy atom. The second-order valence-corrected chi connectivity index (χ2v) is 6.41. The van der Waals surface area contributed by atoms with E-state index in [1.807, 2.05) is 0 Å². The highest BCUT2D eigenvalue weighted by molar-refractivity contribution is 7.10. The van der Waals surface area contributed by atoms with E-state index in [0.717, 1.165) is 18.0 Å². The van der Waals surface area contributed by atoms with Crippen LogP contribution in [0.3, 0.4) is 0 Å².